The van der Waals surface area contributed by atoms with Crippen LogP contribution in [0.5, 0.6) is 0 Å². The number of pyridine rings is 1. The fraction of sp³-hybridized carbons (Fsp3) is 0.0588. The number of fused-ring (bicyclic) bond motifs is 1. The number of thioether (sulfide) groups is 1. The molecule has 22 heavy (non-hydrogen) atoms. The highest BCUT2D eigenvalue weighted by Crippen LogP contribution is 2.24. The van der Waals surface area contributed by atoms with E-state index in [9.17, 15) is 4.79 Å². The standard InChI is InChI=1S/C17H13ClN2OS/c18-17-15(6-3-9-19-17)20-16(21)11-22-14-8-7-12-4-1-2-5-13(12)10-14/h1-10H,11H2,(H,20,21). The highest BCUT2D eigenvalue weighted by Gasteiger charge is 2.07. The molecule has 1 aromatic heterocycles. The number of amides is 1. The lowest BCUT2D eigenvalue weighted by Crippen LogP contribution is -2.14. The van der Waals surface area contributed by atoms with Gasteiger partial charge in [-0.25, -0.2) is 4.98 Å². The molecule has 3 rings (SSSR count). The third-order valence-corrected chi connectivity index (χ3v) is 4.42. The molecule has 0 aliphatic rings. The molecule has 0 spiro atoms. The second kappa shape index (κ2) is 6.81. The summed E-state index contributed by atoms with van der Waals surface area (Å²) in [5.41, 5.74) is 0.535. The quantitative estimate of drug-likeness (QED) is 0.561. The Labute approximate surface area is 137 Å². The van der Waals surface area contributed by atoms with Gasteiger partial charge in [0.15, 0.2) is 5.15 Å². The van der Waals surface area contributed by atoms with Gasteiger partial charge in [0, 0.05) is 11.1 Å². The molecule has 2 aromatic carbocycles. The summed E-state index contributed by atoms with van der Waals surface area (Å²) in [4.78, 5) is 17.0. The molecular weight excluding hydrogens is 316 g/mol. The Kier molecular flexibility index (Phi) is 4.61. The number of hydrogen-bond donors (Lipinski definition) is 1. The zero-order valence-corrected chi connectivity index (χ0v) is 13.2. The predicted octanol–water partition coefficient (Wildman–Crippen LogP) is 4.62. The van der Waals surface area contributed by atoms with E-state index in [1.807, 2.05) is 18.2 Å². The summed E-state index contributed by atoms with van der Waals surface area (Å²) < 4.78 is 0. The molecule has 0 radical (unpaired) electrons. The van der Waals surface area contributed by atoms with Gasteiger partial charge in [0.05, 0.1) is 11.4 Å². The average Bonchev–Trinajstić information content (AvgIpc) is 2.55. The van der Waals surface area contributed by atoms with Crippen LogP contribution in [0.4, 0.5) is 5.69 Å². The summed E-state index contributed by atoms with van der Waals surface area (Å²) in [5, 5.41) is 5.42. The summed E-state index contributed by atoms with van der Waals surface area (Å²) in [6.07, 6.45) is 1.59. The van der Waals surface area contributed by atoms with Gasteiger partial charge in [0.25, 0.3) is 0 Å². The number of anilines is 1. The monoisotopic (exact) mass is 328 g/mol. The Balaban J connectivity index is 1.63. The van der Waals surface area contributed by atoms with Gasteiger partial charge >= 0.3 is 0 Å². The molecule has 1 amide bonds. The smallest absolute Gasteiger partial charge is 0.234 e. The predicted molar refractivity (Wildman–Crippen MR) is 92.5 cm³/mol. The average molecular weight is 329 g/mol. The zero-order chi connectivity index (χ0) is 15.4. The zero-order valence-electron chi connectivity index (χ0n) is 11.6. The largest absolute Gasteiger partial charge is 0.323 e. The van der Waals surface area contributed by atoms with E-state index in [-0.39, 0.29) is 5.91 Å². The first-order chi connectivity index (χ1) is 10.7. The van der Waals surface area contributed by atoms with Crippen LogP contribution in [-0.4, -0.2) is 16.6 Å². The number of halogens is 1. The molecule has 0 saturated heterocycles. The Morgan fingerprint density at radius 1 is 1.09 bits per heavy atom. The fourth-order valence-corrected chi connectivity index (χ4v) is 2.98. The maximum absolute atomic E-state index is 12.0. The van der Waals surface area contributed by atoms with E-state index in [0.29, 0.717) is 16.6 Å². The molecule has 110 valence electrons. The first-order valence-electron chi connectivity index (χ1n) is 6.74. The molecule has 0 bridgehead atoms. The lowest BCUT2D eigenvalue weighted by Gasteiger charge is -2.07. The molecule has 0 atom stereocenters. The van der Waals surface area contributed by atoms with Crippen LogP contribution in [0, 0.1) is 0 Å². The van der Waals surface area contributed by atoms with Gasteiger partial charge in [0.2, 0.25) is 5.91 Å². The second-order valence-corrected chi connectivity index (χ2v) is 6.09. The molecule has 1 N–H and O–H groups in total. The topological polar surface area (TPSA) is 42.0 Å². The van der Waals surface area contributed by atoms with Crippen molar-refractivity contribution < 1.29 is 4.79 Å². The molecule has 0 aliphatic heterocycles. The number of carbonyl (C=O) groups is 1. The third-order valence-electron chi connectivity index (χ3n) is 3.12. The minimum absolute atomic E-state index is 0.104. The van der Waals surface area contributed by atoms with Crippen LogP contribution in [0.3, 0.4) is 0 Å². The van der Waals surface area contributed by atoms with E-state index in [1.165, 1.54) is 22.5 Å². The van der Waals surface area contributed by atoms with Crippen molar-refractivity contribution in [2.45, 2.75) is 4.90 Å². The van der Waals surface area contributed by atoms with Crippen molar-refractivity contribution in [2.24, 2.45) is 0 Å². The highest BCUT2D eigenvalue weighted by atomic mass is 35.5. The first kappa shape index (κ1) is 14.9. The van der Waals surface area contributed by atoms with Crippen molar-refractivity contribution in [1.29, 1.82) is 0 Å². The van der Waals surface area contributed by atoms with Crippen molar-refractivity contribution in [3.8, 4) is 0 Å². The van der Waals surface area contributed by atoms with Gasteiger partial charge < -0.3 is 5.32 Å². The molecule has 0 unspecified atom stereocenters. The number of nitrogens with one attached hydrogen (secondary N) is 1. The van der Waals surface area contributed by atoms with E-state index < -0.39 is 0 Å². The summed E-state index contributed by atoms with van der Waals surface area (Å²) in [6, 6.07) is 17.8. The van der Waals surface area contributed by atoms with Gasteiger partial charge in [-0.15, -0.1) is 11.8 Å². The molecule has 5 heteroatoms. The highest BCUT2D eigenvalue weighted by molar-refractivity contribution is 8.00. The van der Waals surface area contributed by atoms with Gasteiger partial charge in [-0.1, -0.05) is 41.9 Å². The number of aromatic nitrogens is 1. The Morgan fingerprint density at radius 2 is 1.91 bits per heavy atom. The minimum atomic E-state index is -0.104. The lowest BCUT2D eigenvalue weighted by molar-refractivity contribution is -0.113. The second-order valence-electron chi connectivity index (χ2n) is 4.69. The van der Waals surface area contributed by atoms with Gasteiger partial charge in [0.1, 0.15) is 0 Å². The van der Waals surface area contributed by atoms with Crippen LogP contribution in [0.1, 0.15) is 0 Å². The van der Waals surface area contributed by atoms with E-state index in [1.54, 1.807) is 18.3 Å². The van der Waals surface area contributed by atoms with Gasteiger partial charge in [-0.2, -0.15) is 0 Å². The Hall–Kier alpha value is -2.04. The van der Waals surface area contributed by atoms with Crippen molar-refractivity contribution in [3.63, 3.8) is 0 Å². The fourth-order valence-electron chi connectivity index (χ4n) is 2.07. The number of benzene rings is 2. The van der Waals surface area contributed by atoms with Crippen LogP contribution < -0.4 is 5.32 Å². The Morgan fingerprint density at radius 3 is 2.73 bits per heavy atom. The SMILES string of the molecule is O=C(CSc1ccc2ccccc2c1)Nc1cccnc1Cl. The normalized spacial score (nSPS) is 10.6. The van der Waals surface area contributed by atoms with E-state index in [0.717, 1.165) is 4.90 Å². The molecule has 3 aromatic rings. The van der Waals surface area contributed by atoms with Gasteiger partial charge in [-0.05, 0) is 35.0 Å². The molecule has 3 nitrogen and oxygen atoms in total. The van der Waals surface area contributed by atoms with Gasteiger partial charge in [-0.3, -0.25) is 4.79 Å². The third kappa shape index (κ3) is 3.59. The van der Waals surface area contributed by atoms with E-state index in [2.05, 4.69) is 34.6 Å². The summed E-state index contributed by atoms with van der Waals surface area (Å²) in [6.45, 7) is 0. The molecule has 0 saturated carbocycles. The van der Waals surface area contributed by atoms with E-state index in [4.69, 9.17) is 11.6 Å². The first-order valence-corrected chi connectivity index (χ1v) is 8.11. The number of hydrogen-bond acceptors (Lipinski definition) is 3. The molecule has 0 fully saturated rings. The summed E-state index contributed by atoms with van der Waals surface area (Å²) in [7, 11) is 0. The van der Waals surface area contributed by atoms with E-state index >= 15 is 0 Å². The van der Waals surface area contributed by atoms with Crippen molar-refractivity contribution in [1.82, 2.24) is 4.98 Å². The van der Waals surface area contributed by atoms with Crippen molar-refractivity contribution in [2.75, 3.05) is 11.1 Å². The maximum Gasteiger partial charge on any atom is 0.234 e. The molecular formula is C17H13ClN2OS. The Bertz CT molecular complexity index is 822. The van der Waals surface area contributed by atoms with Crippen LogP contribution in [-0.2, 0) is 4.79 Å². The summed E-state index contributed by atoms with van der Waals surface area (Å²) in [5.74, 6) is 0.219. The number of rotatable bonds is 4. The molecule has 0 aliphatic carbocycles. The van der Waals surface area contributed by atoms with Crippen LogP contribution in [0.2, 0.25) is 5.15 Å². The summed E-state index contributed by atoms with van der Waals surface area (Å²) >= 11 is 7.41. The number of carbonyl (C=O) groups excluding carboxylic acids is 1. The minimum Gasteiger partial charge on any atom is -0.323 e. The van der Waals surface area contributed by atoms with Crippen molar-refractivity contribution >= 4 is 45.7 Å². The van der Waals surface area contributed by atoms with Crippen LogP contribution in [0.25, 0.3) is 10.8 Å². The van der Waals surface area contributed by atoms with Crippen LogP contribution >= 0.6 is 23.4 Å². The maximum atomic E-state index is 12.0. The lowest BCUT2D eigenvalue weighted by atomic mass is 10.1. The molecule has 1 heterocycles. The number of nitrogens with zero attached hydrogens (tertiary/aromatic N) is 1. The van der Waals surface area contributed by atoms with Crippen molar-refractivity contribution in [3.05, 3.63) is 65.9 Å². The van der Waals surface area contributed by atoms with Crippen LogP contribution in [0.15, 0.2) is 65.7 Å².